The average Bonchev–Trinajstić information content (AvgIpc) is 2.83. The molecule has 0 saturated carbocycles. The van der Waals surface area contributed by atoms with E-state index in [1.807, 2.05) is 61.5 Å². The summed E-state index contributed by atoms with van der Waals surface area (Å²) in [4.78, 5) is 30.5. The van der Waals surface area contributed by atoms with Crippen molar-refractivity contribution in [3.8, 4) is 11.3 Å². The van der Waals surface area contributed by atoms with Crippen LogP contribution in [0, 0.1) is 6.92 Å². The Labute approximate surface area is 218 Å². The monoisotopic (exact) mass is 542 g/mol. The van der Waals surface area contributed by atoms with Gasteiger partial charge < -0.3 is 0 Å². The Morgan fingerprint density at radius 3 is 2.39 bits per heavy atom. The number of hydrogen-bond donors (Lipinski definition) is 2. The molecule has 3 N–H and O–H groups in total. The molecule has 0 radical (unpaired) electrons. The number of benzene rings is 3. The number of aromatic nitrogens is 2. The van der Waals surface area contributed by atoms with E-state index < -0.39 is 15.8 Å². The van der Waals surface area contributed by atoms with Gasteiger partial charge in [-0.2, -0.15) is 0 Å². The van der Waals surface area contributed by atoms with E-state index in [0.29, 0.717) is 17.1 Å². The van der Waals surface area contributed by atoms with Gasteiger partial charge in [0.2, 0.25) is 0 Å². The first-order valence-electron chi connectivity index (χ1n) is 11.7. The van der Waals surface area contributed by atoms with Crippen LogP contribution < -0.4 is 21.0 Å². The fourth-order valence-corrected chi connectivity index (χ4v) is 6.15. The van der Waals surface area contributed by atoms with Gasteiger partial charge in [-0.05, 0) is 0 Å². The van der Waals surface area contributed by atoms with Crippen LogP contribution in [0.4, 0.5) is 17.2 Å². The van der Waals surface area contributed by atoms with Crippen molar-refractivity contribution >= 4 is 41.9 Å². The van der Waals surface area contributed by atoms with Crippen molar-refractivity contribution in [2.45, 2.75) is 33.1 Å². The van der Waals surface area contributed by atoms with E-state index in [9.17, 15) is 9.59 Å². The van der Waals surface area contributed by atoms with Crippen LogP contribution in [-0.2, 0) is 12.5 Å². The summed E-state index contributed by atoms with van der Waals surface area (Å²) in [5.41, 5.74) is 11.5. The van der Waals surface area contributed by atoms with Crippen LogP contribution in [0.3, 0.4) is 0 Å². The van der Waals surface area contributed by atoms with Gasteiger partial charge in [-0.1, -0.05) is 0 Å². The Morgan fingerprint density at radius 1 is 1.03 bits per heavy atom. The molecule has 0 fully saturated rings. The standard InChI is InChI=1S/C29H31AsN4O2/c1-18-23(25-17-34(5)28(36)27(33-25)32-22-9-6-8-21(31)16-22)10-7-11-24(18)30-26(35)19-12-14-20(15-13-19)29(2,3)4/h6-17,30H,31H2,1-5H3,(H,32,33). The maximum atomic E-state index is 13.1. The molecule has 0 spiro atoms. The summed E-state index contributed by atoms with van der Waals surface area (Å²) < 4.78 is 2.76. The van der Waals surface area contributed by atoms with Gasteiger partial charge in [-0.15, -0.1) is 0 Å². The van der Waals surface area contributed by atoms with Gasteiger partial charge in [0, 0.05) is 0 Å². The van der Waals surface area contributed by atoms with Crippen molar-refractivity contribution in [2.75, 3.05) is 11.1 Å². The summed E-state index contributed by atoms with van der Waals surface area (Å²) in [6, 6.07) is 21.1. The number of hydrogen-bond acceptors (Lipinski definition) is 5. The van der Waals surface area contributed by atoms with Gasteiger partial charge >= 0.3 is 219 Å². The molecule has 0 amide bonds. The minimum absolute atomic E-state index is 0.0480. The number of rotatable bonds is 6. The molecule has 36 heavy (non-hydrogen) atoms. The Hall–Kier alpha value is -3.63. The third kappa shape index (κ3) is 5.60. The van der Waals surface area contributed by atoms with Gasteiger partial charge in [0.25, 0.3) is 0 Å². The second-order valence-corrected chi connectivity index (χ2v) is 12.5. The number of nitrogen functional groups attached to an aromatic ring is 1. The molecule has 1 atom stereocenters. The fraction of sp³-hybridized carbons (Fsp3) is 0.207. The Kier molecular flexibility index (Phi) is 7.18. The zero-order valence-electron chi connectivity index (χ0n) is 21.2. The van der Waals surface area contributed by atoms with Crippen LogP contribution in [0.5, 0.6) is 0 Å². The topological polar surface area (TPSA) is 90.0 Å². The van der Waals surface area contributed by atoms with Crippen LogP contribution in [0.25, 0.3) is 11.3 Å². The Morgan fingerprint density at radius 2 is 1.72 bits per heavy atom. The molecule has 6 nitrogen and oxygen atoms in total. The molecule has 4 rings (SSSR count). The first kappa shape index (κ1) is 25.5. The predicted octanol–water partition coefficient (Wildman–Crippen LogP) is 4.28. The van der Waals surface area contributed by atoms with E-state index in [0.717, 1.165) is 21.0 Å². The number of anilines is 3. The molecule has 0 bridgehead atoms. The minimum atomic E-state index is -1.08. The zero-order valence-corrected chi connectivity index (χ0v) is 23.3. The van der Waals surface area contributed by atoms with Crippen molar-refractivity contribution < 1.29 is 4.79 Å². The van der Waals surface area contributed by atoms with E-state index in [4.69, 9.17) is 5.73 Å². The van der Waals surface area contributed by atoms with E-state index >= 15 is 0 Å². The first-order valence-corrected chi connectivity index (χ1v) is 13.8. The molecule has 4 aromatic rings. The second kappa shape index (κ2) is 10.2. The molecule has 1 unspecified atom stereocenters. The molecular weight excluding hydrogens is 511 g/mol. The van der Waals surface area contributed by atoms with Crippen LogP contribution in [0.2, 0.25) is 0 Å². The quantitative estimate of drug-likeness (QED) is 0.281. The molecule has 184 valence electrons. The molecule has 0 aliphatic heterocycles. The molecule has 0 aliphatic carbocycles. The van der Waals surface area contributed by atoms with Crippen molar-refractivity contribution in [2.24, 2.45) is 7.05 Å². The molecule has 7 heteroatoms. The number of nitrogens with two attached hydrogens (primary N) is 1. The summed E-state index contributed by atoms with van der Waals surface area (Å²) in [5.74, 6) is 0.219. The van der Waals surface area contributed by atoms with Crippen molar-refractivity contribution in [3.05, 3.63) is 100.0 Å². The van der Waals surface area contributed by atoms with Crippen LogP contribution in [0.1, 0.15) is 42.3 Å². The van der Waals surface area contributed by atoms with Gasteiger partial charge in [-0.3, -0.25) is 0 Å². The van der Waals surface area contributed by atoms with Crippen LogP contribution >= 0.6 is 0 Å². The maximum absolute atomic E-state index is 13.1. The predicted molar refractivity (Wildman–Crippen MR) is 150 cm³/mol. The summed E-state index contributed by atoms with van der Waals surface area (Å²) in [6.07, 6.45) is 1.73. The molecule has 3 aromatic carbocycles. The molecule has 0 saturated heterocycles. The first-order chi connectivity index (χ1) is 17.0. The SMILES string of the molecule is Cc1c([AsH]C(=O)c2ccc(C(C)(C)C)cc2)cccc1-c1cn(C)c(=O)c(Nc2cccc(N)c2)n1. The second-order valence-electron chi connectivity index (χ2n) is 9.90. The summed E-state index contributed by atoms with van der Waals surface area (Å²) in [6.45, 7) is 8.50. The third-order valence-corrected chi connectivity index (χ3v) is 8.88. The van der Waals surface area contributed by atoms with E-state index in [-0.39, 0.29) is 21.4 Å². The molecular formula is C29H31AsN4O2. The average molecular weight is 543 g/mol. The number of nitrogens with zero attached hydrogens (tertiary/aromatic N) is 2. The van der Waals surface area contributed by atoms with E-state index in [1.54, 1.807) is 25.4 Å². The van der Waals surface area contributed by atoms with Gasteiger partial charge in [0.05, 0.1) is 0 Å². The Balaban J connectivity index is 1.63. The zero-order chi connectivity index (χ0) is 26.0. The van der Waals surface area contributed by atoms with Gasteiger partial charge in [0.1, 0.15) is 0 Å². The number of aryl methyl sites for hydroxylation is 1. The van der Waals surface area contributed by atoms with Gasteiger partial charge in [-0.25, -0.2) is 0 Å². The number of carbonyl (C=O) groups excluding carboxylic acids is 1. The van der Waals surface area contributed by atoms with Crippen molar-refractivity contribution in [1.82, 2.24) is 9.55 Å². The van der Waals surface area contributed by atoms with Crippen LogP contribution in [-0.4, -0.2) is 29.9 Å². The summed E-state index contributed by atoms with van der Waals surface area (Å²) >= 11 is -1.08. The molecule has 1 heterocycles. The van der Waals surface area contributed by atoms with Crippen LogP contribution in [0.15, 0.2) is 77.7 Å². The van der Waals surface area contributed by atoms with Crippen molar-refractivity contribution in [1.29, 1.82) is 0 Å². The third-order valence-electron chi connectivity index (χ3n) is 6.09. The van der Waals surface area contributed by atoms with E-state index in [1.165, 1.54) is 10.1 Å². The van der Waals surface area contributed by atoms with Crippen molar-refractivity contribution in [3.63, 3.8) is 0 Å². The summed E-state index contributed by atoms with van der Waals surface area (Å²) in [7, 11) is 1.70. The fourth-order valence-electron chi connectivity index (χ4n) is 3.94. The number of nitrogens with one attached hydrogen (secondary N) is 1. The number of carbonyl (C=O) groups is 1. The Bertz CT molecular complexity index is 1480. The van der Waals surface area contributed by atoms with E-state index in [2.05, 4.69) is 31.1 Å². The summed E-state index contributed by atoms with van der Waals surface area (Å²) in [5, 5.41) is 3.10. The molecule has 1 aromatic heterocycles. The normalized spacial score (nSPS) is 11.7. The van der Waals surface area contributed by atoms with Gasteiger partial charge in [0.15, 0.2) is 0 Å². The molecule has 0 aliphatic rings.